The Bertz CT molecular complexity index is 450. The molecule has 0 aliphatic rings. The minimum atomic E-state index is -3.86. The highest BCUT2D eigenvalue weighted by Crippen LogP contribution is 2.21. The van der Waals surface area contributed by atoms with Crippen molar-refractivity contribution in [3.8, 4) is 0 Å². The van der Waals surface area contributed by atoms with E-state index in [2.05, 4.69) is 9.98 Å². The van der Waals surface area contributed by atoms with Gasteiger partial charge in [0.05, 0.1) is 6.61 Å². The van der Waals surface area contributed by atoms with E-state index in [4.69, 9.17) is 23.2 Å². The minimum absolute atomic E-state index is 0.0353. The van der Waals surface area contributed by atoms with Crippen LogP contribution in [0.3, 0.4) is 0 Å². The summed E-state index contributed by atoms with van der Waals surface area (Å²) in [6.07, 6.45) is 0. The molecule has 8 heteroatoms. The van der Waals surface area contributed by atoms with Gasteiger partial charge in [-0.1, -0.05) is 34.2 Å². The second-order valence-electron chi connectivity index (χ2n) is 2.65. The molecule has 3 N–H and O–H groups in total. The maximum atomic E-state index is 10.4. The van der Waals surface area contributed by atoms with E-state index in [1.165, 1.54) is 6.07 Å². The standard InChI is InChI=1S/C7H8Cl2N2O3S/c8-6-2-1-5(7(9)3-6)4-14-11-15(10,12)13/h1-3,11H,4H2,(H2,10,12,13). The zero-order valence-electron chi connectivity index (χ0n) is 7.41. The Morgan fingerprint density at radius 2 is 2.07 bits per heavy atom. The summed E-state index contributed by atoms with van der Waals surface area (Å²) in [7, 11) is -3.86. The van der Waals surface area contributed by atoms with Crippen molar-refractivity contribution < 1.29 is 13.3 Å². The molecule has 84 valence electrons. The first-order chi connectivity index (χ1) is 6.88. The first-order valence-corrected chi connectivity index (χ1v) is 6.04. The fourth-order valence-corrected chi connectivity index (χ4v) is 1.51. The molecule has 0 aliphatic carbocycles. The van der Waals surface area contributed by atoms with Crippen molar-refractivity contribution >= 4 is 33.4 Å². The molecule has 0 saturated heterocycles. The van der Waals surface area contributed by atoms with Gasteiger partial charge in [-0.3, -0.25) is 4.84 Å². The third-order valence-electron chi connectivity index (χ3n) is 1.42. The first kappa shape index (κ1) is 12.7. The lowest BCUT2D eigenvalue weighted by molar-refractivity contribution is 0.0796. The molecule has 1 aromatic rings. The molecule has 0 aliphatic heterocycles. The molecule has 1 rings (SSSR count). The third kappa shape index (κ3) is 4.78. The van der Waals surface area contributed by atoms with Gasteiger partial charge in [-0.15, -0.1) is 0 Å². The molecule has 0 saturated carbocycles. The highest BCUT2D eigenvalue weighted by Gasteiger charge is 2.04. The van der Waals surface area contributed by atoms with Gasteiger partial charge >= 0.3 is 0 Å². The SMILES string of the molecule is NS(=O)(=O)NOCc1ccc(Cl)cc1Cl. The van der Waals surface area contributed by atoms with Crippen molar-refractivity contribution in [3.63, 3.8) is 0 Å². The van der Waals surface area contributed by atoms with E-state index < -0.39 is 10.2 Å². The zero-order valence-corrected chi connectivity index (χ0v) is 9.73. The molecule has 0 amide bonds. The summed E-state index contributed by atoms with van der Waals surface area (Å²) < 4.78 is 20.9. The van der Waals surface area contributed by atoms with Crippen LogP contribution in [0.1, 0.15) is 5.56 Å². The Kier molecular flexibility index (Phi) is 4.32. The van der Waals surface area contributed by atoms with Crippen molar-refractivity contribution in [1.29, 1.82) is 0 Å². The topological polar surface area (TPSA) is 81.4 Å². The summed E-state index contributed by atoms with van der Waals surface area (Å²) in [6, 6.07) is 4.76. The summed E-state index contributed by atoms with van der Waals surface area (Å²) in [6.45, 7) is -0.0353. The van der Waals surface area contributed by atoms with Crippen LogP contribution < -0.4 is 10.0 Å². The average Bonchev–Trinajstić information content (AvgIpc) is 2.07. The van der Waals surface area contributed by atoms with Crippen molar-refractivity contribution in [1.82, 2.24) is 4.89 Å². The quantitative estimate of drug-likeness (QED) is 0.808. The predicted molar refractivity (Wildman–Crippen MR) is 57.5 cm³/mol. The minimum Gasteiger partial charge on any atom is -0.281 e. The average molecular weight is 271 g/mol. The van der Waals surface area contributed by atoms with Gasteiger partial charge in [0.1, 0.15) is 0 Å². The lowest BCUT2D eigenvalue weighted by Gasteiger charge is -2.05. The number of nitrogens with one attached hydrogen (secondary N) is 1. The molecular formula is C7H8Cl2N2O3S. The van der Waals surface area contributed by atoms with Crippen LogP contribution in [0.5, 0.6) is 0 Å². The summed E-state index contributed by atoms with van der Waals surface area (Å²) in [5, 5.41) is 5.52. The van der Waals surface area contributed by atoms with Gasteiger partial charge in [0.2, 0.25) is 0 Å². The Morgan fingerprint density at radius 3 is 2.60 bits per heavy atom. The Labute approximate surface area is 97.3 Å². The van der Waals surface area contributed by atoms with E-state index in [0.717, 1.165) is 0 Å². The zero-order chi connectivity index (χ0) is 11.5. The van der Waals surface area contributed by atoms with Crippen LogP contribution in [-0.4, -0.2) is 8.42 Å². The predicted octanol–water partition coefficient (Wildman–Crippen LogP) is 1.22. The van der Waals surface area contributed by atoms with Crippen LogP contribution in [-0.2, 0) is 21.7 Å². The normalized spacial score (nSPS) is 11.7. The van der Waals surface area contributed by atoms with E-state index in [9.17, 15) is 8.42 Å². The van der Waals surface area contributed by atoms with Crippen molar-refractivity contribution in [2.75, 3.05) is 0 Å². The number of halogens is 2. The van der Waals surface area contributed by atoms with Crippen LogP contribution in [0.4, 0.5) is 0 Å². The molecule has 1 aromatic carbocycles. The molecular weight excluding hydrogens is 263 g/mol. The molecule has 15 heavy (non-hydrogen) atoms. The van der Waals surface area contributed by atoms with Crippen LogP contribution in [0, 0.1) is 0 Å². The van der Waals surface area contributed by atoms with Crippen LogP contribution in [0.2, 0.25) is 10.0 Å². The van der Waals surface area contributed by atoms with E-state index in [1.54, 1.807) is 17.0 Å². The number of hydrogen-bond donors (Lipinski definition) is 2. The van der Waals surface area contributed by atoms with Gasteiger partial charge in [0.15, 0.2) is 0 Å². The molecule has 0 atom stereocenters. The maximum absolute atomic E-state index is 10.4. The maximum Gasteiger partial charge on any atom is 0.296 e. The Hall–Kier alpha value is -0.370. The lowest BCUT2D eigenvalue weighted by atomic mass is 10.2. The lowest BCUT2D eigenvalue weighted by Crippen LogP contribution is -2.30. The molecule has 0 spiro atoms. The van der Waals surface area contributed by atoms with Crippen LogP contribution in [0.15, 0.2) is 18.2 Å². The second-order valence-corrected chi connectivity index (χ2v) is 4.75. The summed E-state index contributed by atoms with van der Waals surface area (Å²) in [5.74, 6) is 0. The van der Waals surface area contributed by atoms with Gasteiger partial charge in [0, 0.05) is 10.0 Å². The Balaban J connectivity index is 2.59. The monoisotopic (exact) mass is 270 g/mol. The number of benzene rings is 1. The number of nitrogens with two attached hydrogens (primary N) is 1. The fraction of sp³-hybridized carbons (Fsp3) is 0.143. The first-order valence-electron chi connectivity index (χ1n) is 3.74. The van der Waals surface area contributed by atoms with Crippen LogP contribution in [0.25, 0.3) is 0 Å². The number of hydrogen-bond acceptors (Lipinski definition) is 3. The van der Waals surface area contributed by atoms with Crippen LogP contribution >= 0.6 is 23.2 Å². The van der Waals surface area contributed by atoms with Crippen molar-refractivity contribution in [2.45, 2.75) is 6.61 Å². The second kappa shape index (κ2) is 5.11. The number of rotatable bonds is 4. The Morgan fingerprint density at radius 1 is 1.40 bits per heavy atom. The van der Waals surface area contributed by atoms with Crippen molar-refractivity contribution in [3.05, 3.63) is 33.8 Å². The van der Waals surface area contributed by atoms with Gasteiger partial charge in [-0.25, -0.2) is 5.14 Å². The summed E-state index contributed by atoms with van der Waals surface area (Å²) >= 11 is 11.5. The fourth-order valence-electron chi connectivity index (χ4n) is 0.828. The summed E-state index contributed by atoms with van der Waals surface area (Å²) in [5.41, 5.74) is 0.595. The van der Waals surface area contributed by atoms with E-state index in [1.807, 2.05) is 0 Å². The molecule has 0 aromatic heterocycles. The highest BCUT2D eigenvalue weighted by atomic mass is 35.5. The van der Waals surface area contributed by atoms with E-state index in [0.29, 0.717) is 15.6 Å². The smallest absolute Gasteiger partial charge is 0.281 e. The molecule has 0 unspecified atom stereocenters. The van der Waals surface area contributed by atoms with Gasteiger partial charge in [0.25, 0.3) is 10.2 Å². The van der Waals surface area contributed by atoms with Crippen molar-refractivity contribution in [2.24, 2.45) is 5.14 Å². The highest BCUT2D eigenvalue weighted by molar-refractivity contribution is 7.87. The molecule has 0 heterocycles. The third-order valence-corrected chi connectivity index (χ3v) is 2.35. The van der Waals surface area contributed by atoms with Gasteiger partial charge in [-0.2, -0.15) is 8.42 Å². The summed E-state index contributed by atoms with van der Waals surface area (Å²) in [4.78, 5) is 6.28. The van der Waals surface area contributed by atoms with Gasteiger partial charge < -0.3 is 0 Å². The molecule has 5 nitrogen and oxygen atoms in total. The molecule has 0 fully saturated rings. The van der Waals surface area contributed by atoms with E-state index >= 15 is 0 Å². The van der Waals surface area contributed by atoms with Gasteiger partial charge in [-0.05, 0) is 17.7 Å². The van der Waals surface area contributed by atoms with E-state index in [-0.39, 0.29) is 6.61 Å². The molecule has 0 radical (unpaired) electrons. The molecule has 0 bridgehead atoms. The largest absolute Gasteiger partial charge is 0.296 e.